The van der Waals surface area contributed by atoms with Gasteiger partial charge >= 0.3 is 7.60 Å². The maximum Gasteiger partial charge on any atom is 0.335 e. The van der Waals surface area contributed by atoms with Gasteiger partial charge in [-0.05, 0) is 38.0 Å². The monoisotopic (exact) mass is 267 g/mol. The van der Waals surface area contributed by atoms with Crippen molar-refractivity contribution in [1.82, 2.24) is 0 Å². The van der Waals surface area contributed by atoms with Crippen LogP contribution in [0.1, 0.15) is 30.5 Å². The zero-order chi connectivity index (χ0) is 13.6. The molecule has 0 aliphatic carbocycles. The van der Waals surface area contributed by atoms with Crippen LogP contribution in [0.4, 0.5) is 0 Å². The van der Waals surface area contributed by atoms with Crippen molar-refractivity contribution in [3.63, 3.8) is 0 Å². The molecule has 5 heteroatoms. The summed E-state index contributed by atoms with van der Waals surface area (Å²) in [6.07, 6.45) is 0.237. The van der Waals surface area contributed by atoms with Crippen molar-refractivity contribution in [3.8, 4) is 6.07 Å². The molecule has 4 nitrogen and oxygen atoms in total. The van der Waals surface area contributed by atoms with Gasteiger partial charge in [0.15, 0.2) is 0 Å². The number of hydrogen-bond acceptors (Lipinski definition) is 4. The van der Waals surface area contributed by atoms with Crippen molar-refractivity contribution in [1.29, 1.82) is 5.26 Å². The van der Waals surface area contributed by atoms with E-state index in [1.807, 2.05) is 13.0 Å². The summed E-state index contributed by atoms with van der Waals surface area (Å²) in [4.78, 5) is 0. The highest BCUT2D eigenvalue weighted by Crippen LogP contribution is 2.51. The number of benzene rings is 1. The van der Waals surface area contributed by atoms with Gasteiger partial charge in [-0.1, -0.05) is 12.1 Å². The van der Waals surface area contributed by atoms with Gasteiger partial charge in [-0.15, -0.1) is 0 Å². The minimum Gasteiger partial charge on any atom is -0.309 e. The van der Waals surface area contributed by atoms with Crippen LogP contribution in [0.5, 0.6) is 0 Å². The third-order valence-electron chi connectivity index (χ3n) is 2.44. The highest BCUT2D eigenvalue weighted by atomic mass is 31.2. The van der Waals surface area contributed by atoms with Crippen LogP contribution in [0, 0.1) is 18.3 Å². The summed E-state index contributed by atoms with van der Waals surface area (Å²) in [5.41, 5.74) is 2.35. The van der Waals surface area contributed by atoms with Crippen LogP contribution in [-0.2, 0) is 19.8 Å². The summed E-state index contributed by atoms with van der Waals surface area (Å²) < 4.78 is 22.8. The molecule has 0 aliphatic rings. The average Bonchev–Trinajstić information content (AvgIpc) is 2.29. The molecule has 0 radical (unpaired) electrons. The van der Waals surface area contributed by atoms with Crippen molar-refractivity contribution in [2.24, 2.45) is 0 Å². The quantitative estimate of drug-likeness (QED) is 0.738. The Bertz CT molecular complexity index is 483. The molecule has 98 valence electrons. The Balaban J connectivity index is 2.92. The number of nitrogens with zero attached hydrogens (tertiary/aromatic N) is 1. The molecule has 0 aliphatic heterocycles. The summed E-state index contributed by atoms with van der Waals surface area (Å²) in [5.74, 6) is 0. The van der Waals surface area contributed by atoms with Crippen molar-refractivity contribution < 1.29 is 13.6 Å². The Hall–Kier alpha value is -1.14. The van der Waals surface area contributed by atoms with E-state index in [9.17, 15) is 4.57 Å². The summed E-state index contributed by atoms with van der Waals surface area (Å²) in [6.45, 7) is 6.14. The Morgan fingerprint density at radius 1 is 1.28 bits per heavy atom. The van der Waals surface area contributed by atoms with Gasteiger partial charge in [-0.25, -0.2) is 0 Å². The van der Waals surface area contributed by atoms with Gasteiger partial charge in [0.05, 0.1) is 31.0 Å². The van der Waals surface area contributed by atoms with E-state index < -0.39 is 7.60 Å². The molecule has 1 aromatic rings. The fourth-order valence-electron chi connectivity index (χ4n) is 1.70. The zero-order valence-electron chi connectivity index (χ0n) is 11.0. The van der Waals surface area contributed by atoms with E-state index >= 15 is 0 Å². The fraction of sp³-hybridized carbons (Fsp3) is 0.462. The Kier molecular flexibility index (Phi) is 5.55. The van der Waals surface area contributed by atoms with Crippen LogP contribution in [-0.4, -0.2) is 13.2 Å². The van der Waals surface area contributed by atoms with Gasteiger partial charge < -0.3 is 9.05 Å². The number of aryl methyl sites for hydroxylation is 1. The van der Waals surface area contributed by atoms with Gasteiger partial charge in [0.25, 0.3) is 0 Å². The molecule has 0 saturated heterocycles. The van der Waals surface area contributed by atoms with Gasteiger partial charge in [-0.3, -0.25) is 4.57 Å². The lowest BCUT2D eigenvalue weighted by atomic mass is 10.1. The first-order valence-corrected chi connectivity index (χ1v) is 7.65. The molecule has 0 spiro atoms. The van der Waals surface area contributed by atoms with Gasteiger partial charge in [0.1, 0.15) is 0 Å². The van der Waals surface area contributed by atoms with E-state index in [1.165, 1.54) is 0 Å². The lowest BCUT2D eigenvalue weighted by molar-refractivity contribution is 0.219. The minimum atomic E-state index is -3.07. The number of nitriles is 1. The highest BCUT2D eigenvalue weighted by molar-refractivity contribution is 7.53. The van der Waals surface area contributed by atoms with Crippen molar-refractivity contribution >= 4 is 7.60 Å². The van der Waals surface area contributed by atoms with Crippen LogP contribution >= 0.6 is 7.60 Å². The second kappa shape index (κ2) is 6.70. The van der Waals surface area contributed by atoms with E-state index in [-0.39, 0.29) is 6.16 Å². The van der Waals surface area contributed by atoms with Gasteiger partial charge in [0.2, 0.25) is 0 Å². The van der Waals surface area contributed by atoms with Crippen molar-refractivity contribution in [2.45, 2.75) is 26.9 Å². The van der Waals surface area contributed by atoms with Gasteiger partial charge in [0, 0.05) is 0 Å². The van der Waals surface area contributed by atoms with Crippen LogP contribution in [0.2, 0.25) is 0 Å². The molecule has 18 heavy (non-hydrogen) atoms. The summed E-state index contributed by atoms with van der Waals surface area (Å²) in [5, 5.41) is 8.86. The molecule has 0 fully saturated rings. The fourth-order valence-corrected chi connectivity index (χ4v) is 3.38. The van der Waals surface area contributed by atoms with E-state index in [0.717, 1.165) is 11.1 Å². The van der Waals surface area contributed by atoms with Crippen LogP contribution in [0.3, 0.4) is 0 Å². The van der Waals surface area contributed by atoms with E-state index in [4.69, 9.17) is 14.3 Å². The molecular weight excluding hydrogens is 249 g/mol. The van der Waals surface area contributed by atoms with Crippen LogP contribution in [0.25, 0.3) is 0 Å². The molecule has 0 atom stereocenters. The van der Waals surface area contributed by atoms with Crippen LogP contribution < -0.4 is 0 Å². The largest absolute Gasteiger partial charge is 0.335 e. The molecule has 1 rings (SSSR count). The first-order valence-electron chi connectivity index (χ1n) is 5.92. The molecule has 0 saturated carbocycles. The second-order valence-electron chi connectivity index (χ2n) is 3.87. The van der Waals surface area contributed by atoms with Gasteiger partial charge in [-0.2, -0.15) is 5.26 Å². The topological polar surface area (TPSA) is 59.3 Å². The Labute approximate surface area is 108 Å². The molecule has 1 aromatic carbocycles. The normalized spacial score (nSPS) is 11.2. The predicted molar refractivity (Wildman–Crippen MR) is 70.5 cm³/mol. The Morgan fingerprint density at radius 3 is 2.33 bits per heavy atom. The molecule has 0 bridgehead atoms. The maximum atomic E-state index is 12.3. The molecule has 0 heterocycles. The highest BCUT2D eigenvalue weighted by Gasteiger charge is 2.24. The van der Waals surface area contributed by atoms with Crippen LogP contribution in [0.15, 0.2) is 18.2 Å². The zero-order valence-corrected chi connectivity index (χ0v) is 11.9. The van der Waals surface area contributed by atoms with E-state index in [1.54, 1.807) is 26.0 Å². The molecule has 0 amide bonds. The van der Waals surface area contributed by atoms with Crippen molar-refractivity contribution in [2.75, 3.05) is 13.2 Å². The minimum absolute atomic E-state index is 0.237. The number of rotatable bonds is 6. The SMILES string of the molecule is CCOP(=O)(Cc1ccc(C#N)c(C)c1)OCC. The lowest BCUT2D eigenvalue weighted by Gasteiger charge is -2.17. The molecule has 0 N–H and O–H groups in total. The first kappa shape index (κ1) is 14.9. The summed E-state index contributed by atoms with van der Waals surface area (Å²) in [7, 11) is -3.07. The lowest BCUT2D eigenvalue weighted by Crippen LogP contribution is -1.99. The first-order chi connectivity index (χ1) is 8.54. The average molecular weight is 267 g/mol. The summed E-state index contributed by atoms with van der Waals surface area (Å²) in [6, 6.07) is 7.47. The smallest absolute Gasteiger partial charge is 0.309 e. The van der Waals surface area contributed by atoms with Crippen molar-refractivity contribution in [3.05, 3.63) is 34.9 Å². The molecular formula is C13H18NO3P. The predicted octanol–water partition coefficient (Wildman–Crippen LogP) is 3.63. The maximum absolute atomic E-state index is 12.3. The molecule has 0 aromatic heterocycles. The molecule has 0 unspecified atom stereocenters. The van der Waals surface area contributed by atoms with E-state index in [0.29, 0.717) is 18.8 Å². The van der Waals surface area contributed by atoms with E-state index in [2.05, 4.69) is 6.07 Å². The second-order valence-corrected chi connectivity index (χ2v) is 5.92. The summed E-state index contributed by atoms with van der Waals surface area (Å²) >= 11 is 0. The number of hydrogen-bond donors (Lipinski definition) is 0. The third kappa shape index (κ3) is 3.96. The standard InChI is InChI=1S/C13H18NO3P/c1-4-16-18(15,17-5-2)10-12-6-7-13(9-14)11(3)8-12/h6-8H,4-5,10H2,1-3H3. The Morgan fingerprint density at radius 2 is 1.89 bits per heavy atom. The third-order valence-corrected chi connectivity index (χ3v) is 4.49.